The highest BCUT2D eigenvalue weighted by Crippen LogP contribution is 2.29. The smallest absolute Gasteiger partial charge is 0.326 e. The van der Waals surface area contributed by atoms with Crippen molar-refractivity contribution in [3.8, 4) is 0 Å². The van der Waals surface area contributed by atoms with Crippen LogP contribution < -0.4 is 5.32 Å². The van der Waals surface area contributed by atoms with Crippen molar-refractivity contribution in [2.24, 2.45) is 0 Å². The zero-order chi connectivity index (χ0) is 18.1. The van der Waals surface area contributed by atoms with E-state index in [0.717, 1.165) is 23.3 Å². The molecule has 132 valence electrons. The fourth-order valence-corrected chi connectivity index (χ4v) is 2.90. The Bertz CT molecular complexity index is 744. The molecular formula is C14H15F3N2O4S. The van der Waals surface area contributed by atoms with Gasteiger partial charge < -0.3 is 5.32 Å². The van der Waals surface area contributed by atoms with Gasteiger partial charge in [-0.25, -0.2) is 13.2 Å². The number of rotatable bonds is 5. The number of carbonyl (C=O) groups excluding carboxylic acids is 2. The summed E-state index contributed by atoms with van der Waals surface area (Å²) in [5, 5.41) is 2.38. The summed E-state index contributed by atoms with van der Waals surface area (Å²) in [5.74, 6) is -0.846. The summed E-state index contributed by atoms with van der Waals surface area (Å²) >= 11 is 0. The van der Waals surface area contributed by atoms with Gasteiger partial charge in [-0.2, -0.15) is 13.2 Å². The van der Waals surface area contributed by atoms with Crippen molar-refractivity contribution in [2.45, 2.75) is 25.2 Å². The van der Waals surface area contributed by atoms with Crippen LogP contribution in [0, 0.1) is 0 Å². The van der Waals surface area contributed by atoms with Gasteiger partial charge in [0, 0.05) is 6.26 Å². The van der Waals surface area contributed by atoms with Gasteiger partial charge >= 0.3 is 12.2 Å². The highest BCUT2D eigenvalue weighted by atomic mass is 32.2. The average molecular weight is 364 g/mol. The molecule has 1 saturated heterocycles. The zero-order valence-electron chi connectivity index (χ0n) is 12.6. The average Bonchev–Trinajstić information content (AvgIpc) is 2.72. The second-order valence-corrected chi connectivity index (χ2v) is 7.80. The number of carbonyl (C=O) groups is 2. The quantitative estimate of drug-likeness (QED) is 0.804. The Morgan fingerprint density at radius 3 is 2.25 bits per heavy atom. The van der Waals surface area contributed by atoms with Gasteiger partial charge in [0.15, 0.2) is 0 Å². The van der Waals surface area contributed by atoms with Crippen molar-refractivity contribution >= 4 is 21.8 Å². The summed E-state index contributed by atoms with van der Waals surface area (Å²) in [7, 11) is -3.28. The number of nitrogens with zero attached hydrogens (tertiary/aromatic N) is 1. The highest BCUT2D eigenvalue weighted by Gasteiger charge is 2.38. The number of imide groups is 1. The molecule has 0 unspecified atom stereocenters. The van der Waals surface area contributed by atoms with Crippen molar-refractivity contribution in [3.63, 3.8) is 0 Å². The minimum absolute atomic E-state index is 0.0487. The Kier molecular flexibility index (Phi) is 4.88. The van der Waals surface area contributed by atoms with Gasteiger partial charge in [-0.05, 0) is 24.1 Å². The summed E-state index contributed by atoms with van der Waals surface area (Å²) in [6.07, 6.45) is -3.49. The number of sulfone groups is 1. The van der Waals surface area contributed by atoms with Crippen LogP contribution in [0.25, 0.3) is 0 Å². The molecule has 1 N–H and O–H groups in total. The van der Waals surface area contributed by atoms with Crippen molar-refractivity contribution in [1.29, 1.82) is 0 Å². The molecule has 1 atom stereocenters. The molecule has 1 fully saturated rings. The first-order valence-corrected chi connectivity index (χ1v) is 8.99. The Morgan fingerprint density at radius 2 is 1.75 bits per heavy atom. The SMILES string of the molecule is CS(=O)(=O)CC[C@@H]1NC(=O)N(Cc2ccc(C(F)(F)F)cc2)C1=O. The highest BCUT2D eigenvalue weighted by molar-refractivity contribution is 7.90. The molecule has 10 heteroatoms. The summed E-state index contributed by atoms with van der Waals surface area (Å²) in [4.78, 5) is 24.8. The molecule has 1 aromatic carbocycles. The van der Waals surface area contributed by atoms with Gasteiger partial charge in [0.2, 0.25) is 0 Å². The first-order chi connectivity index (χ1) is 11.0. The molecule has 0 radical (unpaired) electrons. The number of hydrogen-bond acceptors (Lipinski definition) is 4. The predicted octanol–water partition coefficient (Wildman–Crippen LogP) is 1.56. The maximum atomic E-state index is 12.5. The van der Waals surface area contributed by atoms with Crippen LogP contribution in [0.4, 0.5) is 18.0 Å². The fourth-order valence-electron chi connectivity index (χ4n) is 2.24. The van der Waals surface area contributed by atoms with Crippen LogP contribution in [0.2, 0.25) is 0 Å². The Hall–Kier alpha value is -2.10. The molecule has 0 saturated carbocycles. The zero-order valence-corrected chi connectivity index (χ0v) is 13.4. The van der Waals surface area contributed by atoms with E-state index < -0.39 is 39.6 Å². The van der Waals surface area contributed by atoms with E-state index in [4.69, 9.17) is 0 Å². The van der Waals surface area contributed by atoms with Crippen LogP contribution in [-0.2, 0) is 27.4 Å². The van der Waals surface area contributed by atoms with Gasteiger partial charge in [-0.1, -0.05) is 12.1 Å². The first kappa shape index (κ1) is 18.2. The summed E-state index contributed by atoms with van der Waals surface area (Å²) in [6, 6.07) is 2.48. The second kappa shape index (κ2) is 6.42. The third-order valence-corrected chi connectivity index (χ3v) is 4.48. The Balaban J connectivity index is 2.04. The van der Waals surface area contributed by atoms with Gasteiger partial charge in [0.1, 0.15) is 15.9 Å². The van der Waals surface area contributed by atoms with E-state index in [1.54, 1.807) is 0 Å². The van der Waals surface area contributed by atoms with Gasteiger partial charge in [0.25, 0.3) is 5.91 Å². The maximum absolute atomic E-state index is 12.5. The molecule has 3 amide bonds. The number of halogens is 3. The molecule has 0 aliphatic carbocycles. The van der Waals surface area contributed by atoms with Crippen molar-refractivity contribution < 1.29 is 31.2 Å². The third-order valence-electron chi connectivity index (χ3n) is 3.51. The largest absolute Gasteiger partial charge is 0.416 e. The predicted molar refractivity (Wildman–Crippen MR) is 78.6 cm³/mol. The number of benzene rings is 1. The Labute approximate surface area is 136 Å². The lowest BCUT2D eigenvalue weighted by atomic mass is 10.1. The van der Waals surface area contributed by atoms with E-state index in [-0.39, 0.29) is 18.7 Å². The number of alkyl halides is 3. The third kappa shape index (κ3) is 4.47. The van der Waals surface area contributed by atoms with E-state index >= 15 is 0 Å². The minimum atomic E-state index is -4.46. The standard InChI is InChI=1S/C14H15F3N2O4S/c1-24(22,23)7-6-11-12(20)19(13(21)18-11)8-9-2-4-10(5-3-9)14(15,16)17/h2-5,11H,6-8H2,1H3,(H,18,21)/t11-/m0/s1. The van der Waals surface area contributed by atoms with Crippen LogP contribution in [-0.4, -0.2) is 43.3 Å². The number of nitrogens with one attached hydrogen (secondary N) is 1. The van der Waals surface area contributed by atoms with Crippen LogP contribution in [0.5, 0.6) is 0 Å². The molecule has 24 heavy (non-hydrogen) atoms. The van der Waals surface area contributed by atoms with Crippen molar-refractivity contribution in [3.05, 3.63) is 35.4 Å². The molecule has 0 spiro atoms. The lowest BCUT2D eigenvalue weighted by Crippen LogP contribution is -2.32. The van der Waals surface area contributed by atoms with Crippen LogP contribution in [0.3, 0.4) is 0 Å². The fraction of sp³-hybridized carbons (Fsp3) is 0.429. The first-order valence-electron chi connectivity index (χ1n) is 6.93. The van der Waals surface area contributed by atoms with Gasteiger partial charge in [-0.15, -0.1) is 0 Å². The monoisotopic (exact) mass is 364 g/mol. The molecule has 1 aromatic rings. The molecular weight excluding hydrogens is 349 g/mol. The van der Waals surface area contributed by atoms with Gasteiger partial charge in [0.05, 0.1) is 17.9 Å². The Morgan fingerprint density at radius 1 is 1.17 bits per heavy atom. The number of hydrogen-bond donors (Lipinski definition) is 1. The van der Waals surface area contributed by atoms with Crippen LogP contribution in [0.15, 0.2) is 24.3 Å². The summed E-state index contributed by atoms with van der Waals surface area (Å²) < 4.78 is 59.8. The maximum Gasteiger partial charge on any atom is 0.416 e. The van der Waals surface area contributed by atoms with E-state index in [2.05, 4.69) is 5.32 Å². The number of urea groups is 1. The molecule has 1 aliphatic rings. The van der Waals surface area contributed by atoms with E-state index in [1.807, 2.05) is 0 Å². The second-order valence-electron chi connectivity index (χ2n) is 5.54. The topological polar surface area (TPSA) is 83.6 Å². The lowest BCUT2D eigenvalue weighted by molar-refractivity contribution is -0.137. The molecule has 1 aliphatic heterocycles. The van der Waals surface area contributed by atoms with E-state index in [1.165, 1.54) is 12.1 Å². The number of amides is 3. The summed E-state index contributed by atoms with van der Waals surface area (Å²) in [6.45, 7) is -0.182. The van der Waals surface area contributed by atoms with Crippen molar-refractivity contribution in [2.75, 3.05) is 12.0 Å². The molecule has 1 heterocycles. The van der Waals surface area contributed by atoms with Crippen molar-refractivity contribution in [1.82, 2.24) is 10.2 Å². The lowest BCUT2D eigenvalue weighted by Gasteiger charge is -2.14. The van der Waals surface area contributed by atoms with Gasteiger partial charge in [-0.3, -0.25) is 9.69 Å². The van der Waals surface area contributed by atoms with Crippen LogP contribution in [0.1, 0.15) is 17.5 Å². The minimum Gasteiger partial charge on any atom is -0.326 e. The molecule has 2 rings (SSSR count). The molecule has 6 nitrogen and oxygen atoms in total. The molecule has 0 aromatic heterocycles. The van der Waals surface area contributed by atoms with E-state index in [9.17, 15) is 31.2 Å². The van der Waals surface area contributed by atoms with Crippen LogP contribution >= 0.6 is 0 Å². The normalized spacial score (nSPS) is 18.8. The summed E-state index contributed by atoms with van der Waals surface area (Å²) in [5.41, 5.74) is -0.468. The molecule has 0 bridgehead atoms. The van der Waals surface area contributed by atoms with E-state index in [0.29, 0.717) is 5.56 Å².